The summed E-state index contributed by atoms with van der Waals surface area (Å²) in [7, 11) is 0. The summed E-state index contributed by atoms with van der Waals surface area (Å²) in [6, 6.07) is 4.76. The van der Waals surface area contributed by atoms with Crippen molar-refractivity contribution in [3.05, 3.63) is 41.9 Å². The Labute approximate surface area is 149 Å². The fourth-order valence-corrected chi connectivity index (χ4v) is 5.52. The number of allylic oxidation sites excluding steroid dienone is 1. The van der Waals surface area contributed by atoms with Crippen LogP contribution in [0.25, 0.3) is 0 Å². The molecule has 4 nitrogen and oxygen atoms in total. The number of fused-ring (bicyclic) bond motifs is 2. The summed E-state index contributed by atoms with van der Waals surface area (Å²) in [5.41, 5.74) is 2.10. The van der Waals surface area contributed by atoms with Crippen molar-refractivity contribution in [2.45, 2.75) is 75.7 Å². The van der Waals surface area contributed by atoms with Crippen LogP contribution in [0, 0.1) is 5.92 Å². The van der Waals surface area contributed by atoms with Gasteiger partial charge in [0.1, 0.15) is 0 Å². The maximum absolute atomic E-state index is 13.2. The predicted molar refractivity (Wildman–Crippen MR) is 94.9 cm³/mol. The summed E-state index contributed by atoms with van der Waals surface area (Å²) < 4.78 is 6.50. The Morgan fingerprint density at radius 1 is 1.12 bits per heavy atom. The van der Waals surface area contributed by atoms with Crippen LogP contribution in [-0.2, 0) is 16.0 Å². The summed E-state index contributed by atoms with van der Waals surface area (Å²) in [4.78, 5) is 20.0. The van der Waals surface area contributed by atoms with Gasteiger partial charge in [-0.15, -0.1) is 0 Å². The van der Waals surface area contributed by atoms with Crippen LogP contribution in [0.2, 0.25) is 0 Å². The van der Waals surface area contributed by atoms with E-state index >= 15 is 0 Å². The first-order valence-corrected chi connectivity index (χ1v) is 9.88. The normalized spacial score (nSPS) is 37.1. The number of hydrogen-bond acceptors (Lipinski definition) is 4. The van der Waals surface area contributed by atoms with Crippen molar-refractivity contribution in [1.29, 1.82) is 0 Å². The van der Waals surface area contributed by atoms with Crippen molar-refractivity contribution in [3.8, 4) is 0 Å². The third-order valence-corrected chi connectivity index (χ3v) is 6.62. The zero-order valence-corrected chi connectivity index (χ0v) is 14.6. The van der Waals surface area contributed by atoms with Gasteiger partial charge in [0.05, 0.1) is 24.3 Å². The van der Waals surface area contributed by atoms with Crippen LogP contribution >= 0.6 is 0 Å². The average molecular weight is 338 g/mol. The fourth-order valence-electron chi connectivity index (χ4n) is 5.52. The van der Waals surface area contributed by atoms with Crippen LogP contribution in [0.4, 0.5) is 0 Å². The number of nitrogens with zero attached hydrogens (tertiary/aromatic N) is 2. The van der Waals surface area contributed by atoms with E-state index in [4.69, 9.17) is 4.74 Å². The molecule has 1 aromatic heterocycles. The van der Waals surface area contributed by atoms with E-state index in [2.05, 4.69) is 22.2 Å². The Kier molecular flexibility index (Phi) is 3.89. The van der Waals surface area contributed by atoms with Crippen molar-refractivity contribution in [3.63, 3.8) is 0 Å². The van der Waals surface area contributed by atoms with Crippen molar-refractivity contribution in [1.82, 2.24) is 9.88 Å². The Balaban J connectivity index is 1.51. The maximum atomic E-state index is 13.2. The first-order valence-electron chi connectivity index (χ1n) is 9.88. The Bertz CT molecular complexity index is 686. The van der Waals surface area contributed by atoms with E-state index in [1.165, 1.54) is 25.7 Å². The number of Topliss-reactive ketones (excluding diaryl/α,β-unsaturated/α-hetero) is 1. The molecule has 5 unspecified atom stereocenters. The summed E-state index contributed by atoms with van der Waals surface area (Å²) in [5.74, 6) is 0.478. The van der Waals surface area contributed by atoms with Gasteiger partial charge in [0.15, 0.2) is 5.78 Å². The lowest BCUT2D eigenvalue weighted by Crippen LogP contribution is -2.65. The largest absolute Gasteiger partial charge is 0.371 e. The molecule has 5 atom stereocenters. The van der Waals surface area contributed by atoms with Gasteiger partial charge in [0.25, 0.3) is 0 Å². The summed E-state index contributed by atoms with van der Waals surface area (Å²) in [6.07, 6.45) is 15.4. The highest BCUT2D eigenvalue weighted by atomic mass is 16.5. The van der Waals surface area contributed by atoms with Crippen LogP contribution in [0.3, 0.4) is 0 Å². The number of ketones is 1. The lowest BCUT2D eigenvalue weighted by Gasteiger charge is -2.57. The van der Waals surface area contributed by atoms with E-state index in [-0.39, 0.29) is 18.1 Å². The predicted octanol–water partition coefficient (Wildman–Crippen LogP) is 3.27. The molecule has 4 heteroatoms. The molecular formula is C21H26N2O2. The number of morpholine rings is 1. The van der Waals surface area contributed by atoms with Crippen LogP contribution in [0.1, 0.15) is 50.5 Å². The molecule has 0 radical (unpaired) electrons. The second-order valence-electron chi connectivity index (χ2n) is 8.10. The zero-order valence-electron chi connectivity index (χ0n) is 14.6. The number of pyridine rings is 1. The van der Waals surface area contributed by atoms with E-state index in [9.17, 15) is 4.79 Å². The number of rotatable bonds is 2. The standard InChI is InChI=1S/C21H26N2O2/c24-21-15(11-14-5-4-10-22-12-14)13-23-17-7-1-2-8-18(17)25-19-9-3-6-16(21)20(19)23/h4-5,10,12-13,16-20H,1-3,6-9,11H2. The van der Waals surface area contributed by atoms with Gasteiger partial charge in [-0.1, -0.05) is 18.9 Å². The molecule has 25 heavy (non-hydrogen) atoms. The lowest BCUT2D eigenvalue weighted by atomic mass is 9.72. The van der Waals surface area contributed by atoms with E-state index in [0.717, 1.165) is 30.4 Å². The van der Waals surface area contributed by atoms with Gasteiger partial charge in [-0.3, -0.25) is 9.78 Å². The van der Waals surface area contributed by atoms with Gasteiger partial charge in [-0.25, -0.2) is 0 Å². The van der Waals surface area contributed by atoms with Gasteiger partial charge in [0, 0.05) is 36.5 Å². The Hall–Kier alpha value is -1.68. The average Bonchev–Trinajstić information content (AvgIpc) is 2.66. The van der Waals surface area contributed by atoms with Gasteiger partial charge in [0.2, 0.25) is 0 Å². The monoisotopic (exact) mass is 338 g/mol. The molecular weight excluding hydrogens is 312 g/mol. The zero-order chi connectivity index (χ0) is 16.8. The van der Waals surface area contributed by atoms with E-state index in [1.807, 2.05) is 12.3 Å². The molecule has 132 valence electrons. The first-order chi connectivity index (χ1) is 12.3. The molecule has 0 N–H and O–H groups in total. The van der Waals surface area contributed by atoms with Crippen molar-refractivity contribution in [2.75, 3.05) is 0 Å². The summed E-state index contributed by atoms with van der Waals surface area (Å²) >= 11 is 0. The van der Waals surface area contributed by atoms with Crippen molar-refractivity contribution < 1.29 is 9.53 Å². The minimum atomic E-state index is 0.123. The van der Waals surface area contributed by atoms with Gasteiger partial charge in [-0.05, 0) is 43.7 Å². The number of carbonyl (C=O) groups is 1. The molecule has 1 saturated heterocycles. The molecule has 0 spiro atoms. The minimum Gasteiger partial charge on any atom is -0.371 e. The SMILES string of the molecule is O=C1C(Cc2cccnc2)=CN2C3CCCCC3OC3CCCC1C32. The quantitative estimate of drug-likeness (QED) is 0.830. The Morgan fingerprint density at radius 3 is 2.88 bits per heavy atom. The first kappa shape index (κ1) is 15.6. The third-order valence-electron chi connectivity index (χ3n) is 6.62. The van der Waals surface area contributed by atoms with Crippen LogP contribution < -0.4 is 0 Å². The molecule has 3 heterocycles. The van der Waals surface area contributed by atoms with E-state index < -0.39 is 0 Å². The molecule has 1 aromatic rings. The molecule has 0 amide bonds. The molecule has 2 aliphatic carbocycles. The maximum Gasteiger partial charge on any atom is 0.165 e. The fraction of sp³-hybridized carbons (Fsp3) is 0.619. The van der Waals surface area contributed by atoms with Crippen molar-refractivity contribution in [2.24, 2.45) is 5.92 Å². The van der Waals surface area contributed by atoms with Crippen LogP contribution in [0.15, 0.2) is 36.3 Å². The van der Waals surface area contributed by atoms with E-state index in [0.29, 0.717) is 24.3 Å². The summed E-state index contributed by atoms with van der Waals surface area (Å²) in [5, 5.41) is 0. The van der Waals surface area contributed by atoms with Crippen LogP contribution in [0.5, 0.6) is 0 Å². The summed E-state index contributed by atoms with van der Waals surface area (Å²) in [6.45, 7) is 0. The molecule has 0 aromatic carbocycles. The lowest BCUT2D eigenvalue weighted by molar-refractivity contribution is -0.180. The van der Waals surface area contributed by atoms with Crippen LogP contribution in [-0.4, -0.2) is 40.0 Å². The molecule has 2 aliphatic heterocycles. The highest BCUT2D eigenvalue weighted by Crippen LogP contribution is 2.44. The highest BCUT2D eigenvalue weighted by molar-refractivity contribution is 5.99. The highest BCUT2D eigenvalue weighted by Gasteiger charge is 2.51. The Morgan fingerprint density at radius 2 is 2.00 bits per heavy atom. The van der Waals surface area contributed by atoms with Gasteiger partial charge in [-0.2, -0.15) is 0 Å². The van der Waals surface area contributed by atoms with Crippen molar-refractivity contribution >= 4 is 5.78 Å². The number of carbonyl (C=O) groups excluding carboxylic acids is 1. The number of hydrogen-bond donors (Lipinski definition) is 0. The van der Waals surface area contributed by atoms with Gasteiger partial charge >= 0.3 is 0 Å². The molecule has 2 saturated carbocycles. The minimum absolute atomic E-state index is 0.123. The molecule has 5 rings (SSSR count). The van der Waals surface area contributed by atoms with E-state index in [1.54, 1.807) is 6.20 Å². The number of ether oxygens (including phenoxy) is 1. The van der Waals surface area contributed by atoms with Gasteiger partial charge < -0.3 is 9.64 Å². The third kappa shape index (κ3) is 2.62. The molecule has 0 bridgehead atoms. The smallest absolute Gasteiger partial charge is 0.165 e. The molecule has 4 aliphatic rings. The molecule has 3 fully saturated rings. The second-order valence-corrected chi connectivity index (χ2v) is 8.10. The second kappa shape index (κ2) is 6.24. The topological polar surface area (TPSA) is 42.4 Å². The number of aromatic nitrogens is 1.